The van der Waals surface area contributed by atoms with E-state index in [4.69, 9.17) is 9.47 Å². The van der Waals surface area contributed by atoms with Crippen molar-refractivity contribution in [2.24, 2.45) is 17.3 Å². The Kier molecular flexibility index (Phi) is 3.24. The van der Waals surface area contributed by atoms with Crippen LogP contribution in [0.2, 0.25) is 0 Å². The minimum atomic E-state index is -0.537. The van der Waals surface area contributed by atoms with Crippen LogP contribution in [0.15, 0.2) is 48.1 Å². The molecule has 162 valence electrons. The van der Waals surface area contributed by atoms with Gasteiger partial charge in [-0.15, -0.1) is 0 Å². The number of hydrogen-bond acceptors (Lipinski definition) is 2. The second kappa shape index (κ2) is 5.38. The van der Waals surface area contributed by atoms with Gasteiger partial charge >= 0.3 is 0 Å². The third kappa shape index (κ3) is 1.96. The molecule has 1 aromatic carbocycles. The number of para-hydroxylation sites is 1. The fourth-order valence-corrected chi connectivity index (χ4v) is 8.55. The number of hydrogen-bond donors (Lipinski definition) is 1. The highest BCUT2D eigenvalue weighted by molar-refractivity contribution is 5.86. The van der Waals surface area contributed by atoms with Crippen molar-refractivity contribution in [2.75, 3.05) is 0 Å². The average Bonchev–Trinajstić information content (AvgIpc) is 3.31. The van der Waals surface area contributed by atoms with Crippen LogP contribution in [0.25, 0.3) is 10.9 Å². The molecule has 1 N–H and O–H groups in total. The number of fused-ring (bicyclic) bond motifs is 9. The molecule has 2 aromatic rings. The molecule has 5 aliphatic rings. The summed E-state index contributed by atoms with van der Waals surface area (Å²) in [6.07, 6.45) is 8.10. The normalized spacial score (nSPS) is 44.5. The van der Waals surface area contributed by atoms with E-state index in [1.807, 2.05) is 0 Å². The van der Waals surface area contributed by atoms with Crippen molar-refractivity contribution in [1.82, 2.24) is 4.98 Å². The van der Waals surface area contributed by atoms with Gasteiger partial charge in [-0.05, 0) is 79.6 Å². The summed E-state index contributed by atoms with van der Waals surface area (Å²) < 4.78 is 13.4. The van der Waals surface area contributed by atoms with Crippen LogP contribution < -0.4 is 0 Å². The average molecular weight is 416 g/mol. The third-order valence-corrected chi connectivity index (χ3v) is 10.2. The van der Waals surface area contributed by atoms with Crippen molar-refractivity contribution < 1.29 is 9.47 Å². The number of benzene rings is 1. The van der Waals surface area contributed by atoms with Gasteiger partial charge in [0.2, 0.25) is 0 Å². The molecule has 6 atom stereocenters. The van der Waals surface area contributed by atoms with Gasteiger partial charge in [-0.25, -0.2) is 0 Å². The van der Waals surface area contributed by atoms with E-state index in [0.717, 1.165) is 18.4 Å². The first kappa shape index (κ1) is 18.7. The van der Waals surface area contributed by atoms with Crippen molar-refractivity contribution in [1.29, 1.82) is 0 Å². The quantitative estimate of drug-likeness (QED) is 0.556. The Bertz CT molecular complexity index is 1190. The second-order valence-electron chi connectivity index (χ2n) is 11.8. The molecule has 5 unspecified atom stereocenters. The summed E-state index contributed by atoms with van der Waals surface area (Å²) in [7, 11) is 0. The molecule has 31 heavy (non-hydrogen) atoms. The molecule has 0 radical (unpaired) electrons. The first-order chi connectivity index (χ1) is 14.7. The molecular weight excluding hydrogens is 382 g/mol. The van der Waals surface area contributed by atoms with Gasteiger partial charge in [0.25, 0.3) is 0 Å². The number of rotatable bonds is 0. The van der Waals surface area contributed by atoms with Crippen LogP contribution in [0, 0.1) is 17.3 Å². The van der Waals surface area contributed by atoms with Crippen molar-refractivity contribution in [3.63, 3.8) is 0 Å². The summed E-state index contributed by atoms with van der Waals surface area (Å²) in [5.74, 6) is 0.632. The van der Waals surface area contributed by atoms with Crippen LogP contribution in [0.5, 0.6) is 0 Å². The first-order valence-electron chi connectivity index (χ1n) is 12.1. The third-order valence-electron chi connectivity index (χ3n) is 10.2. The highest BCUT2D eigenvalue weighted by Crippen LogP contribution is 2.70. The summed E-state index contributed by atoms with van der Waals surface area (Å²) in [6.45, 7) is 13.8. The Labute approximate surface area is 184 Å². The van der Waals surface area contributed by atoms with E-state index in [0.29, 0.717) is 11.8 Å². The van der Waals surface area contributed by atoms with Crippen molar-refractivity contribution in [2.45, 2.75) is 82.7 Å². The number of aromatic amines is 1. The fourth-order valence-electron chi connectivity index (χ4n) is 8.55. The predicted molar refractivity (Wildman–Crippen MR) is 123 cm³/mol. The Hall–Kier alpha value is -1.84. The van der Waals surface area contributed by atoms with Crippen LogP contribution in [0.3, 0.4) is 0 Å². The topological polar surface area (TPSA) is 34.2 Å². The standard InChI is InChI=1S/C28H33NO2/c1-16-14-21-20-11-10-17-15-19-18-8-6-7-9-22(18)29-23(19)27(17,5)26(20,4)12-13-28(21)30-24(16)25(2,3)31-28/h6-9,14,17,20,24,29H,1,10-13,15H2,2-5H3/t17?,20?,24?,26?,27-,28?/m1/s1. The lowest BCUT2D eigenvalue weighted by atomic mass is 9.44. The predicted octanol–water partition coefficient (Wildman–Crippen LogP) is 6.19. The van der Waals surface area contributed by atoms with Gasteiger partial charge in [0, 0.05) is 28.4 Å². The molecule has 2 aliphatic heterocycles. The minimum absolute atomic E-state index is 0.0284. The molecule has 3 nitrogen and oxygen atoms in total. The van der Waals surface area contributed by atoms with Gasteiger partial charge in [-0.2, -0.15) is 0 Å². The summed E-state index contributed by atoms with van der Waals surface area (Å²) in [5.41, 5.74) is 6.82. The van der Waals surface area contributed by atoms with Gasteiger partial charge in [0.1, 0.15) is 6.10 Å². The fraction of sp³-hybridized carbons (Fsp3) is 0.571. The van der Waals surface area contributed by atoms with Crippen molar-refractivity contribution >= 4 is 10.9 Å². The SMILES string of the molecule is C=C1C=C2C3CCC4Cc5c([nH]c6ccccc56)[C@]4(C)C3(C)CCC23OC1C(C)(C)O3. The largest absolute Gasteiger partial charge is 0.358 e. The zero-order valence-electron chi connectivity index (χ0n) is 19.2. The molecule has 7 rings (SSSR count). The summed E-state index contributed by atoms with van der Waals surface area (Å²) in [4.78, 5) is 3.90. The highest BCUT2D eigenvalue weighted by Gasteiger charge is 2.69. The number of ether oxygens (including phenoxy) is 2. The minimum Gasteiger partial charge on any atom is -0.358 e. The molecule has 2 bridgehead atoms. The van der Waals surface area contributed by atoms with E-state index in [1.54, 1.807) is 5.56 Å². The van der Waals surface area contributed by atoms with Gasteiger partial charge in [0.05, 0.1) is 5.60 Å². The van der Waals surface area contributed by atoms with Crippen LogP contribution in [-0.4, -0.2) is 22.5 Å². The molecular formula is C28H33NO2. The second-order valence-corrected chi connectivity index (χ2v) is 11.8. The summed E-state index contributed by atoms with van der Waals surface area (Å²) in [6, 6.07) is 8.87. The molecule has 3 aliphatic carbocycles. The molecule has 2 saturated carbocycles. The van der Waals surface area contributed by atoms with E-state index >= 15 is 0 Å². The van der Waals surface area contributed by atoms with Crippen LogP contribution in [-0.2, 0) is 21.3 Å². The van der Waals surface area contributed by atoms with Crippen LogP contribution >= 0.6 is 0 Å². The van der Waals surface area contributed by atoms with Crippen LogP contribution in [0.4, 0.5) is 0 Å². The van der Waals surface area contributed by atoms with Crippen LogP contribution in [0.1, 0.15) is 64.6 Å². The number of aromatic nitrogens is 1. The Morgan fingerprint density at radius 1 is 1.06 bits per heavy atom. The van der Waals surface area contributed by atoms with E-state index in [1.165, 1.54) is 41.4 Å². The monoisotopic (exact) mass is 415 g/mol. The van der Waals surface area contributed by atoms with E-state index in [9.17, 15) is 0 Å². The van der Waals surface area contributed by atoms with E-state index in [-0.39, 0.29) is 22.5 Å². The highest BCUT2D eigenvalue weighted by atomic mass is 16.8. The number of H-pyrrole nitrogens is 1. The number of nitrogens with one attached hydrogen (secondary N) is 1. The summed E-state index contributed by atoms with van der Waals surface area (Å²) >= 11 is 0. The zero-order valence-corrected chi connectivity index (χ0v) is 19.2. The lowest BCUT2D eigenvalue weighted by Crippen LogP contribution is -2.60. The molecule has 1 saturated heterocycles. The van der Waals surface area contributed by atoms with Gasteiger partial charge < -0.3 is 14.5 Å². The smallest absolute Gasteiger partial charge is 0.192 e. The maximum absolute atomic E-state index is 6.73. The molecule has 1 spiro atoms. The summed E-state index contributed by atoms with van der Waals surface area (Å²) in [5, 5.41) is 1.43. The van der Waals surface area contributed by atoms with Crippen molar-refractivity contribution in [3.8, 4) is 0 Å². The van der Waals surface area contributed by atoms with Gasteiger partial charge in [0.15, 0.2) is 5.79 Å². The lowest BCUT2D eigenvalue weighted by molar-refractivity contribution is -0.203. The maximum atomic E-state index is 6.73. The molecule has 1 aromatic heterocycles. The van der Waals surface area contributed by atoms with Crippen molar-refractivity contribution in [3.05, 3.63) is 59.3 Å². The molecule has 3 fully saturated rings. The van der Waals surface area contributed by atoms with E-state index < -0.39 is 5.79 Å². The Morgan fingerprint density at radius 3 is 2.71 bits per heavy atom. The maximum Gasteiger partial charge on any atom is 0.192 e. The molecule has 0 amide bonds. The zero-order chi connectivity index (χ0) is 21.4. The Morgan fingerprint density at radius 2 is 1.87 bits per heavy atom. The van der Waals surface area contributed by atoms with E-state index in [2.05, 4.69) is 69.6 Å². The molecule has 3 heteroatoms. The van der Waals surface area contributed by atoms with Gasteiger partial charge in [-0.3, -0.25) is 0 Å². The Balaban J connectivity index is 1.39. The van der Waals surface area contributed by atoms with Gasteiger partial charge in [-0.1, -0.05) is 44.7 Å². The first-order valence-corrected chi connectivity index (χ1v) is 12.1. The lowest BCUT2D eigenvalue weighted by Gasteiger charge is -2.62. The molecule has 3 heterocycles.